The van der Waals surface area contributed by atoms with Crippen LogP contribution >= 0.6 is 0 Å². The molecule has 4 rings (SSSR count). The fraction of sp³-hybridized carbons (Fsp3) is 0.278. The Bertz CT molecular complexity index is 741. The van der Waals surface area contributed by atoms with Gasteiger partial charge < -0.3 is 4.98 Å². The molecule has 0 saturated carbocycles. The zero-order chi connectivity index (χ0) is 13.4. The first-order valence-electron chi connectivity index (χ1n) is 7.46. The predicted molar refractivity (Wildman–Crippen MR) is 82.8 cm³/mol. The van der Waals surface area contributed by atoms with Gasteiger partial charge in [0.25, 0.3) is 0 Å². The van der Waals surface area contributed by atoms with Crippen LogP contribution in [0.1, 0.15) is 30.5 Å². The highest BCUT2D eigenvalue weighted by atomic mass is 14.7. The summed E-state index contributed by atoms with van der Waals surface area (Å²) in [5, 5.41) is 1.41. The second kappa shape index (κ2) is 4.78. The molecule has 2 heteroatoms. The van der Waals surface area contributed by atoms with Gasteiger partial charge in [0.2, 0.25) is 0 Å². The minimum atomic E-state index is 1.19. The van der Waals surface area contributed by atoms with Gasteiger partial charge in [-0.05, 0) is 55.0 Å². The molecule has 0 amide bonds. The van der Waals surface area contributed by atoms with Crippen LogP contribution in [-0.2, 0) is 12.8 Å². The summed E-state index contributed by atoms with van der Waals surface area (Å²) >= 11 is 0. The van der Waals surface area contributed by atoms with Crippen LogP contribution in [0.15, 0.2) is 42.7 Å². The lowest BCUT2D eigenvalue weighted by Gasteiger charge is -2.03. The number of rotatable bonds is 1. The van der Waals surface area contributed by atoms with Crippen molar-refractivity contribution in [1.82, 2.24) is 9.97 Å². The lowest BCUT2D eigenvalue weighted by Crippen LogP contribution is -1.86. The van der Waals surface area contributed by atoms with Crippen LogP contribution in [0.3, 0.4) is 0 Å². The van der Waals surface area contributed by atoms with E-state index in [0.717, 1.165) is 0 Å². The van der Waals surface area contributed by atoms with Crippen molar-refractivity contribution in [3.8, 4) is 11.1 Å². The van der Waals surface area contributed by atoms with Crippen molar-refractivity contribution in [2.45, 2.75) is 32.1 Å². The third-order valence-electron chi connectivity index (χ3n) is 4.34. The molecule has 0 aliphatic heterocycles. The Kier molecular flexibility index (Phi) is 2.80. The molecule has 0 spiro atoms. The average Bonchev–Trinajstić information content (AvgIpc) is 2.69. The largest absolute Gasteiger partial charge is 0.358 e. The number of hydrogen-bond acceptors (Lipinski definition) is 1. The van der Waals surface area contributed by atoms with Crippen molar-refractivity contribution in [3.63, 3.8) is 0 Å². The molecular formula is C18H18N2. The van der Waals surface area contributed by atoms with Gasteiger partial charge in [-0.3, -0.25) is 4.98 Å². The molecule has 2 nitrogen and oxygen atoms in total. The molecular weight excluding hydrogens is 244 g/mol. The lowest BCUT2D eigenvalue weighted by molar-refractivity contribution is 0.708. The lowest BCUT2D eigenvalue weighted by atomic mass is 10.0. The first-order valence-corrected chi connectivity index (χ1v) is 7.46. The van der Waals surface area contributed by atoms with Crippen LogP contribution < -0.4 is 0 Å². The molecule has 0 radical (unpaired) electrons. The van der Waals surface area contributed by atoms with Gasteiger partial charge in [-0.15, -0.1) is 0 Å². The quantitative estimate of drug-likeness (QED) is 0.643. The SMILES string of the molecule is c1cncc(-c2ccc3[nH]c4c(c3c2)CCCCC4)c1. The van der Waals surface area contributed by atoms with Crippen molar-refractivity contribution in [1.29, 1.82) is 0 Å². The summed E-state index contributed by atoms with van der Waals surface area (Å²) in [7, 11) is 0. The molecule has 100 valence electrons. The van der Waals surface area contributed by atoms with Gasteiger partial charge in [-0.2, -0.15) is 0 Å². The monoisotopic (exact) mass is 262 g/mol. The number of nitrogens with zero attached hydrogens (tertiary/aromatic N) is 1. The minimum absolute atomic E-state index is 1.19. The van der Waals surface area contributed by atoms with Gasteiger partial charge >= 0.3 is 0 Å². The maximum atomic E-state index is 4.22. The highest BCUT2D eigenvalue weighted by Gasteiger charge is 2.14. The molecule has 1 aromatic carbocycles. The van der Waals surface area contributed by atoms with E-state index in [1.54, 1.807) is 5.56 Å². The van der Waals surface area contributed by atoms with E-state index in [9.17, 15) is 0 Å². The predicted octanol–water partition coefficient (Wildman–Crippen LogP) is 4.50. The number of aromatic nitrogens is 2. The molecule has 2 heterocycles. The van der Waals surface area contributed by atoms with Crippen molar-refractivity contribution in [2.24, 2.45) is 0 Å². The van der Waals surface area contributed by atoms with Gasteiger partial charge in [0, 0.05) is 34.6 Å². The Morgan fingerprint density at radius 1 is 0.950 bits per heavy atom. The first-order chi connectivity index (χ1) is 9.92. The maximum Gasteiger partial charge on any atom is 0.0459 e. The van der Waals surface area contributed by atoms with Gasteiger partial charge in [0.05, 0.1) is 0 Å². The summed E-state index contributed by atoms with van der Waals surface area (Å²) in [6, 6.07) is 10.9. The van der Waals surface area contributed by atoms with Crippen LogP contribution in [0, 0.1) is 0 Å². The molecule has 3 aromatic rings. The summed E-state index contributed by atoms with van der Waals surface area (Å²) in [4.78, 5) is 7.84. The molecule has 0 unspecified atom stereocenters. The number of benzene rings is 1. The summed E-state index contributed by atoms with van der Waals surface area (Å²) in [5.41, 5.74) is 6.74. The number of aromatic amines is 1. The van der Waals surface area contributed by atoms with E-state index in [0.29, 0.717) is 0 Å². The second-order valence-corrected chi connectivity index (χ2v) is 5.64. The van der Waals surface area contributed by atoms with Crippen LogP contribution in [-0.4, -0.2) is 9.97 Å². The van der Waals surface area contributed by atoms with Crippen molar-refractivity contribution in [3.05, 3.63) is 54.0 Å². The molecule has 2 aromatic heterocycles. The Morgan fingerprint density at radius 3 is 2.80 bits per heavy atom. The zero-order valence-corrected chi connectivity index (χ0v) is 11.5. The van der Waals surface area contributed by atoms with Crippen LogP contribution in [0.2, 0.25) is 0 Å². The smallest absolute Gasteiger partial charge is 0.0459 e. The van der Waals surface area contributed by atoms with Gasteiger partial charge in [-0.25, -0.2) is 0 Å². The topological polar surface area (TPSA) is 28.7 Å². The van der Waals surface area contributed by atoms with Crippen molar-refractivity contribution in [2.75, 3.05) is 0 Å². The third-order valence-corrected chi connectivity index (χ3v) is 4.34. The standard InChI is InChI=1S/C18H18N2/c1-2-6-15-16-11-13(14-5-4-10-19-12-14)8-9-18(16)20-17(15)7-3-1/h4-5,8-12,20H,1-3,6-7H2. The fourth-order valence-electron chi connectivity index (χ4n) is 3.30. The number of hydrogen-bond donors (Lipinski definition) is 1. The van der Waals surface area contributed by atoms with Crippen LogP contribution in [0.4, 0.5) is 0 Å². The van der Waals surface area contributed by atoms with Gasteiger partial charge in [-0.1, -0.05) is 18.6 Å². The summed E-state index contributed by atoms with van der Waals surface area (Å²) in [6.07, 6.45) is 10.2. The van der Waals surface area contributed by atoms with Gasteiger partial charge in [0.15, 0.2) is 0 Å². The highest BCUT2D eigenvalue weighted by molar-refractivity contribution is 5.89. The van der Waals surface area contributed by atoms with E-state index >= 15 is 0 Å². The molecule has 1 aliphatic rings. The molecule has 1 aliphatic carbocycles. The number of H-pyrrole nitrogens is 1. The third kappa shape index (κ3) is 1.92. The van der Waals surface area contributed by atoms with Crippen molar-refractivity contribution >= 4 is 10.9 Å². The Balaban J connectivity index is 1.88. The second-order valence-electron chi connectivity index (χ2n) is 5.64. The molecule has 0 bridgehead atoms. The maximum absolute atomic E-state index is 4.22. The number of aryl methyl sites for hydroxylation is 2. The summed E-state index contributed by atoms with van der Waals surface area (Å²) in [6.45, 7) is 0. The fourth-order valence-corrected chi connectivity index (χ4v) is 3.30. The van der Waals surface area contributed by atoms with E-state index in [1.807, 2.05) is 18.5 Å². The summed E-state index contributed by atoms with van der Waals surface area (Å²) < 4.78 is 0. The highest BCUT2D eigenvalue weighted by Crippen LogP contribution is 2.31. The number of nitrogens with one attached hydrogen (secondary N) is 1. The summed E-state index contributed by atoms with van der Waals surface area (Å²) in [5.74, 6) is 0. The van der Waals surface area contributed by atoms with E-state index < -0.39 is 0 Å². The zero-order valence-electron chi connectivity index (χ0n) is 11.5. The van der Waals surface area contributed by atoms with E-state index in [1.165, 1.54) is 59.8 Å². The molecule has 1 N–H and O–H groups in total. The van der Waals surface area contributed by atoms with E-state index in [4.69, 9.17) is 0 Å². The molecule has 0 atom stereocenters. The Morgan fingerprint density at radius 2 is 1.90 bits per heavy atom. The number of fused-ring (bicyclic) bond motifs is 3. The molecule has 20 heavy (non-hydrogen) atoms. The number of pyridine rings is 1. The van der Waals surface area contributed by atoms with Gasteiger partial charge in [0.1, 0.15) is 0 Å². The minimum Gasteiger partial charge on any atom is -0.358 e. The van der Waals surface area contributed by atoms with E-state index in [-0.39, 0.29) is 0 Å². The van der Waals surface area contributed by atoms with Crippen LogP contribution in [0.5, 0.6) is 0 Å². The van der Waals surface area contributed by atoms with Crippen LogP contribution in [0.25, 0.3) is 22.0 Å². The molecule has 0 saturated heterocycles. The normalized spacial score (nSPS) is 15.0. The molecule has 0 fully saturated rings. The first kappa shape index (κ1) is 11.7. The Labute approximate surface area is 118 Å². The Hall–Kier alpha value is -2.09. The van der Waals surface area contributed by atoms with E-state index in [2.05, 4.69) is 34.2 Å². The van der Waals surface area contributed by atoms with Crippen molar-refractivity contribution < 1.29 is 0 Å². The average molecular weight is 262 g/mol.